The van der Waals surface area contributed by atoms with E-state index in [1.807, 2.05) is 23.2 Å². The summed E-state index contributed by atoms with van der Waals surface area (Å²) in [5, 5.41) is 1.87. The molecule has 0 unspecified atom stereocenters. The zero-order valence-corrected chi connectivity index (χ0v) is 8.87. The smallest absolute Gasteiger partial charge is 0.185 e. The number of rotatable bonds is 2. The summed E-state index contributed by atoms with van der Waals surface area (Å²) in [7, 11) is 0. The Labute approximate surface area is 85.9 Å². The van der Waals surface area contributed by atoms with Gasteiger partial charge in [-0.2, -0.15) is 16.1 Å². The maximum absolute atomic E-state index is 11.8. The van der Waals surface area contributed by atoms with Crippen molar-refractivity contribution in [2.45, 2.75) is 12.8 Å². The van der Waals surface area contributed by atoms with Crippen LogP contribution < -0.4 is 0 Å². The lowest BCUT2D eigenvalue weighted by molar-refractivity contribution is 0.0909. The van der Waals surface area contributed by atoms with Crippen LogP contribution in [0.5, 0.6) is 0 Å². The number of carbonyl (C=O) groups excluding carboxylic acids is 1. The molecule has 70 valence electrons. The number of hydrogen-bond acceptors (Lipinski definition) is 4. The fourth-order valence-corrected chi connectivity index (χ4v) is 3.13. The number of aromatic nitrogens is 1. The molecular weight excluding hydrogens is 202 g/mol. The molecule has 0 spiro atoms. The molecule has 1 aliphatic rings. The topological polar surface area (TPSA) is 30.0 Å². The number of Topliss-reactive ketones (excluding diaryl/α,β-unsaturated/α-hetero) is 1. The largest absolute Gasteiger partial charge is 0.292 e. The van der Waals surface area contributed by atoms with Gasteiger partial charge >= 0.3 is 0 Å². The third-order valence-electron chi connectivity index (χ3n) is 2.28. The second kappa shape index (κ2) is 4.24. The summed E-state index contributed by atoms with van der Waals surface area (Å²) in [5.41, 5.74) is 0.668. The second-order valence-electron chi connectivity index (χ2n) is 3.14. The first-order chi connectivity index (χ1) is 6.38. The number of nitrogens with zero attached hydrogens (tertiary/aromatic N) is 1. The van der Waals surface area contributed by atoms with Crippen molar-refractivity contribution in [1.82, 2.24) is 4.37 Å². The van der Waals surface area contributed by atoms with Gasteiger partial charge in [0.2, 0.25) is 0 Å². The van der Waals surface area contributed by atoms with E-state index in [0.717, 1.165) is 24.3 Å². The van der Waals surface area contributed by atoms with Crippen LogP contribution in [-0.4, -0.2) is 21.7 Å². The van der Waals surface area contributed by atoms with Gasteiger partial charge in [0.05, 0.1) is 0 Å². The molecule has 13 heavy (non-hydrogen) atoms. The highest BCUT2D eigenvalue weighted by Crippen LogP contribution is 2.25. The van der Waals surface area contributed by atoms with Crippen LogP contribution >= 0.6 is 23.3 Å². The van der Waals surface area contributed by atoms with E-state index in [4.69, 9.17) is 0 Å². The Balaban J connectivity index is 2.04. The molecule has 1 aliphatic heterocycles. The average Bonchev–Trinajstić information content (AvgIpc) is 2.71. The maximum atomic E-state index is 11.8. The Hall–Kier alpha value is -0.350. The first-order valence-electron chi connectivity index (χ1n) is 4.40. The zero-order valence-electron chi connectivity index (χ0n) is 7.23. The van der Waals surface area contributed by atoms with Gasteiger partial charge in [0.25, 0.3) is 0 Å². The molecule has 1 aromatic heterocycles. The molecule has 4 heteroatoms. The molecule has 0 aromatic carbocycles. The van der Waals surface area contributed by atoms with Crippen LogP contribution in [0.15, 0.2) is 11.4 Å². The van der Waals surface area contributed by atoms with Crippen LogP contribution in [0, 0.1) is 5.92 Å². The van der Waals surface area contributed by atoms with Gasteiger partial charge in [-0.05, 0) is 41.9 Å². The number of carbonyl (C=O) groups is 1. The SMILES string of the molecule is O=C(c1ccsn1)C1CCSCC1. The van der Waals surface area contributed by atoms with Crippen molar-refractivity contribution >= 4 is 29.1 Å². The molecule has 2 nitrogen and oxygen atoms in total. The third-order valence-corrected chi connectivity index (χ3v) is 3.89. The summed E-state index contributed by atoms with van der Waals surface area (Å²) in [4.78, 5) is 11.8. The van der Waals surface area contributed by atoms with Crippen molar-refractivity contribution in [2.24, 2.45) is 5.92 Å². The fourth-order valence-electron chi connectivity index (χ4n) is 1.51. The van der Waals surface area contributed by atoms with Crippen LogP contribution in [0.25, 0.3) is 0 Å². The van der Waals surface area contributed by atoms with Crippen molar-refractivity contribution in [2.75, 3.05) is 11.5 Å². The second-order valence-corrected chi connectivity index (χ2v) is 5.03. The highest BCUT2D eigenvalue weighted by molar-refractivity contribution is 7.99. The molecule has 0 atom stereocenters. The van der Waals surface area contributed by atoms with Crippen LogP contribution in [0.1, 0.15) is 23.3 Å². The van der Waals surface area contributed by atoms with E-state index in [0.29, 0.717) is 5.69 Å². The van der Waals surface area contributed by atoms with E-state index in [1.54, 1.807) is 0 Å². The summed E-state index contributed by atoms with van der Waals surface area (Å²) >= 11 is 3.30. The average molecular weight is 213 g/mol. The molecule has 1 aromatic rings. The summed E-state index contributed by atoms with van der Waals surface area (Å²) in [6.45, 7) is 0. The van der Waals surface area contributed by atoms with Gasteiger partial charge in [-0.1, -0.05) is 0 Å². The quantitative estimate of drug-likeness (QED) is 0.707. The van der Waals surface area contributed by atoms with Gasteiger partial charge < -0.3 is 0 Å². The molecule has 2 heterocycles. The monoisotopic (exact) mass is 213 g/mol. The summed E-state index contributed by atoms with van der Waals surface area (Å²) < 4.78 is 4.08. The Bertz CT molecular complexity index is 278. The van der Waals surface area contributed by atoms with E-state index in [9.17, 15) is 4.79 Å². The van der Waals surface area contributed by atoms with Crippen molar-refractivity contribution in [3.63, 3.8) is 0 Å². The Morgan fingerprint density at radius 3 is 2.85 bits per heavy atom. The van der Waals surface area contributed by atoms with Crippen molar-refractivity contribution in [1.29, 1.82) is 0 Å². The Morgan fingerprint density at radius 1 is 1.46 bits per heavy atom. The minimum Gasteiger partial charge on any atom is -0.292 e. The van der Waals surface area contributed by atoms with Crippen molar-refractivity contribution in [3.05, 3.63) is 17.1 Å². The Kier molecular flexibility index (Phi) is 3.01. The molecular formula is C9H11NOS2. The van der Waals surface area contributed by atoms with E-state index in [1.165, 1.54) is 11.5 Å². The van der Waals surface area contributed by atoms with E-state index < -0.39 is 0 Å². The van der Waals surface area contributed by atoms with Gasteiger partial charge in [0, 0.05) is 11.3 Å². The number of thioether (sulfide) groups is 1. The summed E-state index contributed by atoms with van der Waals surface area (Å²) in [5.74, 6) is 2.74. The zero-order chi connectivity index (χ0) is 9.10. The Morgan fingerprint density at radius 2 is 2.23 bits per heavy atom. The highest BCUT2D eigenvalue weighted by atomic mass is 32.2. The molecule has 2 rings (SSSR count). The standard InChI is InChI=1S/C9H11NOS2/c11-9(8-3-6-13-10-8)7-1-4-12-5-2-7/h3,6-7H,1-2,4-5H2. The minimum atomic E-state index is 0.239. The van der Waals surface area contributed by atoms with Crippen LogP contribution in [0.4, 0.5) is 0 Å². The van der Waals surface area contributed by atoms with E-state index in [-0.39, 0.29) is 11.7 Å². The number of ketones is 1. The van der Waals surface area contributed by atoms with E-state index in [2.05, 4.69) is 4.37 Å². The van der Waals surface area contributed by atoms with Crippen LogP contribution in [0.2, 0.25) is 0 Å². The normalized spacial score (nSPS) is 18.8. The third kappa shape index (κ3) is 2.11. The van der Waals surface area contributed by atoms with E-state index >= 15 is 0 Å². The van der Waals surface area contributed by atoms with Crippen molar-refractivity contribution < 1.29 is 4.79 Å². The molecule has 0 aliphatic carbocycles. The van der Waals surface area contributed by atoms with Crippen molar-refractivity contribution in [3.8, 4) is 0 Å². The van der Waals surface area contributed by atoms with Gasteiger partial charge in [0.1, 0.15) is 5.69 Å². The molecule has 0 bridgehead atoms. The lowest BCUT2D eigenvalue weighted by Gasteiger charge is -2.18. The van der Waals surface area contributed by atoms with Crippen LogP contribution in [-0.2, 0) is 0 Å². The fraction of sp³-hybridized carbons (Fsp3) is 0.556. The molecule has 1 fully saturated rings. The molecule has 0 saturated carbocycles. The molecule has 0 N–H and O–H groups in total. The summed E-state index contributed by atoms with van der Waals surface area (Å²) in [6.07, 6.45) is 2.06. The first kappa shape index (κ1) is 9.21. The maximum Gasteiger partial charge on any atom is 0.185 e. The first-order valence-corrected chi connectivity index (χ1v) is 6.39. The van der Waals surface area contributed by atoms with Gasteiger partial charge in [-0.3, -0.25) is 4.79 Å². The lowest BCUT2D eigenvalue weighted by atomic mass is 9.96. The van der Waals surface area contributed by atoms with Crippen LogP contribution in [0.3, 0.4) is 0 Å². The summed E-state index contributed by atoms with van der Waals surface area (Å²) in [6, 6.07) is 1.83. The van der Waals surface area contributed by atoms with Gasteiger partial charge in [0.15, 0.2) is 5.78 Å². The lowest BCUT2D eigenvalue weighted by Crippen LogP contribution is -2.20. The predicted molar refractivity (Wildman–Crippen MR) is 56.5 cm³/mol. The number of hydrogen-bond donors (Lipinski definition) is 0. The highest BCUT2D eigenvalue weighted by Gasteiger charge is 2.23. The molecule has 0 radical (unpaired) electrons. The molecule has 1 saturated heterocycles. The minimum absolute atomic E-state index is 0.239. The predicted octanol–water partition coefficient (Wildman–Crippen LogP) is 2.47. The van der Waals surface area contributed by atoms with Gasteiger partial charge in [-0.15, -0.1) is 0 Å². The van der Waals surface area contributed by atoms with Gasteiger partial charge in [-0.25, -0.2) is 0 Å². The molecule has 0 amide bonds.